The molecule has 0 aromatic rings. The molecule has 12 heavy (non-hydrogen) atoms. The fourth-order valence-corrected chi connectivity index (χ4v) is 1.48. The number of amides is 3. The van der Waals surface area contributed by atoms with Gasteiger partial charge in [-0.25, -0.2) is 4.79 Å². The molecular weight excluding hydrogens is 176 g/mol. The lowest BCUT2D eigenvalue weighted by Crippen LogP contribution is -2.29. The summed E-state index contributed by atoms with van der Waals surface area (Å²) in [6, 6.07) is -0.249. The molecule has 0 aromatic heterocycles. The van der Waals surface area contributed by atoms with E-state index in [4.69, 9.17) is 0 Å². The van der Waals surface area contributed by atoms with Gasteiger partial charge in [-0.15, -0.1) is 0 Å². The van der Waals surface area contributed by atoms with Gasteiger partial charge in [-0.2, -0.15) is 11.8 Å². The van der Waals surface area contributed by atoms with Gasteiger partial charge in [-0.1, -0.05) is 0 Å². The number of rotatable bonds is 4. The molecule has 0 unspecified atom stereocenters. The molecule has 5 heteroatoms. The van der Waals surface area contributed by atoms with Crippen molar-refractivity contribution in [2.24, 2.45) is 0 Å². The highest BCUT2D eigenvalue weighted by Crippen LogP contribution is 2.02. The Balaban J connectivity index is 2.24. The topological polar surface area (TPSA) is 49.4 Å². The fraction of sp³-hybridized carbons (Fsp3) is 0.714. The standard InChI is InChI=1S/C7H12N2O2S/c1-12-4-2-3-9-5-6(10)8-7(9)11/h2-5H2,1H3,(H,8,10,11). The van der Waals surface area contributed by atoms with E-state index in [-0.39, 0.29) is 18.5 Å². The Bertz CT molecular complexity index is 196. The second-order valence-corrected chi connectivity index (χ2v) is 3.61. The van der Waals surface area contributed by atoms with Crippen LogP contribution in [0.15, 0.2) is 0 Å². The lowest BCUT2D eigenvalue weighted by Gasteiger charge is -2.11. The number of imide groups is 1. The van der Waals surface area contributed by atoms with Crippen LogP contribution in [0, 0.1) is 0 Å². The molecule has 1 rings (SSSR count). The van der Waals surface area contributed by atoms with Gasteiger partial charge in [0, 0.05) is 6.54 Å². The number of carbonyl (C=O) groups excluding carboxylic acids is 2. The Labute approximate surface area is 75.7 Å². The minimum Gasteiger partial charge on any atom is -0.315 e. The third-order valence-electron chi connectivity index (χ3n) is 1.64. The average Bonchev–Trinajstić information content (AvgIpc) is 2.31. The van der Waals surface area contributed by atoms with Crippen molar-refractivity contribution in [2.75, 3.05) is 25.1 Å². The van der Waals surface area contributed by atoms with E-state index in [0.717, 1.165) is 12.2 Å². The lowest BCUT2D eigenvalue weighted by atomic mass is 10.4. The van der Waals surface area contributed by atoms with Gasteiger partial charge >= 0.3 is 6.03 Å². The molecule has 1 N–H and O–H groups in total. The molecule has 1 aliphatic heterocycles. The van der Waals surface area contributed by atoms with Gasteiger partial charge in [0.15, 0.2) is 0 Å². The molecule has 3 amide bonds. The quantitative estimate of drug-likeness (QED) is 0.509. The van der Waals surface area contributed by atoms with Crippen molar-refractivity contribution in [1.82, 2.24) is 10.2 Å². The minimum atomic E-state index is -0.249. The maximum atomic E-state index is 11.0. The second kappa shape index (κ2) is 4.35. The predicted octanol–water partition coefficient (Wildman–Crippen LogP) is 0.291. The zero-order valence-corrected chi connectivity index (χ0v) is 7.82. The average molecular weight is 188 g/mol. The summed E-state index contributed by atoms with van der Waals surface area (Å²) in [6.45, 7) is 0.908. The van der Waals surface area contributed by atoms with Gasteiger partial charge in [0.2, 0.25) is 5.91 Å². The summed E-state index contributed by atoms with van der Waals surface area (Å²) in [6.07, 6.45) is 2.97. The Morgan fingerprint density at radius 2 is 2.33 bits per heavy atom. The number of hydrogen-bond acceptors (Lipinski definition) is 3. The minimum absolute atomic E-state index is 0.191. The molecule has 1 aliphatic rings. The summed E-state index contributed by atoms with van der Waals surface area (Å²) < 4.78 is 0. The highest BCUT2D eigenvalue weighted by atomic mass is 32.2. The normalized spacial score (nSPS) is 16.9. The molecule has 1 saturated heterocycles. The van der Waals surface area contributed by atoms with Crippen molar-refractivity contribution >= 4 is 23.7 Å². The summed E-state index contributed by atoms with van der Waals surface area (Å²) in [7, 11) is 0. The first-order chi connectivity index (χ1) is 5.74. The lowest BCUT2D eigenvalue weighted by molar-refractivity contribution is -0.118. The predicted molar refractivity (Wildman–Crippen MR) is 48.1 cm³/mol. The van der Waals surface area contributed by atoms with Crippen LogP contribution in [0.1, 0.15) is 6.42 Å². The Hall–Kier alpha value is -0.710. The van der Waals surface area contributed by atoms with Crippen LogP contribution >= 0.6 is 11.8 Å². The van der Waals surface area contributed by atoms with Crippen LogP contribution in [0.25, 0.3) is 0 Å². The summed E-state index contributed by atoms with van der Waals surface area (Å²) in [5.41, 5.74) is 0. The molecule has 4 nitrogen and oxygen atoms in total. The highest BCUT2D eigenvalue weighted by molar-refractivity contribution is 7.98. The highest BCUT2D eigenvalue weighted by Gasteiger charge is 2.25. The Morgan fingerprint density at radius 1 is 1.58 bits per heavy atom. The van der Waals surface area contributed by atoms with Crippen molar-refractivity contribution in [3.8, 4) is 0 Å². The summed E-state index contributed by atoms with van der Waals surface area (Å²) >= 11 is 1.74. The zero-order valence-electron chi connectivity index (χ0n) is 7.00. The van der Waals surface area contributed by atoms with Crippen LogP contribution < -0.4 is 5.32 Å². The van der Waals surface area contributed by atoms with E-state index >= 15 is 0 Å². The van der Waals surface area contributed by atoms with Crippen molar-refractivity contribution in [2.45, 2.75) is 6.42 Å². The molecule has 1 heterocycles. The Kier molecular flexibility index (Phi) is 3.40. The first kappa shape index (κ1) is 9.38. The number of nitrogens with one attached hydrogen (secondary N) is 1. The third kappa shape index (κ3) is 2.41. The van der Waals surface area contributed by atoms with E-state index in [2.05, 4.69) is 5.32 Å². The monoisotopic (exact) mass is 188 g/mol. The molecule has 0 radical (unpaired) electrons. The van der Waals surface area contributed by atoms with E-state index in [9.17, 15) is 9.59 Å². The summed E-state index contributed by atoms with van der Waals surface area (Å²) in [5, 5.41) is 2.24. The van der Waals surface area contributed by atoms with Gasteiger partial charge in [-0.3, -0.25) is 10.1 Å². The second-order valence-electron chi connectivity index (χ2n) is 2.62. The zero-order chi connectivity index (χ0) is 8.97. The Morgan fingerprint density at radius 3 is 2.83 bits per heavy atom. The summed E-state index contributed by atoms with van der Waals surface area (Å²) in [4.78, 5) is 23.2. The van der Waals surface area contributed by atoms with Gasteiger partial charge in [0.25, 0.3) is 0 Å². The molecule has 68 valence electrons. The summed E-state index contributed by atoms with van der Waals surface area (Å²) in [5.74, 6) is 0.835. The first-order valence-corrected chi connectivity index (χ1v) is 5.21. The van der Waals surface area contributed by atoms with Crippen LogP contribution in [0.5, 0.6) is 0 Å². The van der Waals surface area contributed by atoms with Crippen LogP contribution in [0.4, 0.5) is 4.79 Å². The van der Waals surface area contributed by atoms with Crippen molar-refractivity contribution in [3.05, 3.63) is 0 Å². The third-order valence-corrected chi connectivity index (χ3v) is 2.34. The van der Waals surface area contributed by atoms with Gasteiger partial charge in [0.1, 0.15) is 6.54 Å². The molecule has 0 aliphatic carbocycles. The van der Waals surface area contributed by atoms with E-state index in [1.165, 1.54) is 0 Å². The van der Waals surface area contributed by atoms with E-state index < -0.39 is 0 Å². The van der Waals surface area contributed by atoms with E-state index in [0.29, 0.717) is 6.54 Å². The maximum absolute atomic E-state index is 11.0. The molecule has 1 fully saturated rings. The molecular formula is C7H12N2O2S. The molecule has 0 spiro atoms. The van der Waals surface area contributed by atoms with Crippen molar-refractivity contribution in [1.29, 1.82) is 0 Å². The van der Waals surface area contributed by atoms with Gasteiger partial charge in [-0.05, 0) is 18.4 Å². The van der Waals surface area contributed by atoms with Crippen molar-refractivity contribution < 1.29 is 9.59 Å². The number of hydrogen-bond donors (Lipinski definition) is 1. The number of carbonyl (C=O) groups is 2. The van der Waals surface area contributed by atoms with Gasteiger partial charge < -0.3 is 4.90 Å². The smallest absolute Gasteiger partial charge is 0.315 e. The van der Waals surface area contributed by atoms with Crippen molar-refractivity contribution in [3.63, 3.8) is 0 Å². The molecule has 0 bridgehead atoms. The van der Waals surface area contributed by atoms with E-state index in [1.807, 2.05) is 6.26 Å². The molecule has 0 saturated carbocycles. The van der Waals surface area contributed by atoms with Crippen LogP contribution in [0.2, 0.25) is 0 Å². The van der Waals surface area contributed by atoms with E-state index in [1.54, 1.807) is 16.7 Å². The SMILES string of the molecule is CSCCCN1CC(=O)NC1=O. The molecule has 0 atom stereocenters. The molecule has 0 aromatic carbocycles. The van der Waals surface area contributed by atoms with Gasteiger partial charge in [0.05, 0.1) is 0 Å². The van der Waals surface area contributed by atoms with Crippen LogP contribution in [0.3, 0.4) is 0 Å². The number of thioether (sulfide) groups is 1. The largest absolute Gasteiger partial charge is 0.324 e. The number of urea groups is 1. The van der Waals surface area contributed by atoms with Crippen LogP contribution in [-0.2, 0) is 4.79 Å². The first-order valence-electron chi connectivity index (χ1n) is 3.81. The number of nitrogens with zero attached hydrogens (tertiary/aromatic N) is 1. The fourth-order valence-electron chi connectivity index (χ4n) is 1.06. The van der Waals surface area contributed by atoms with Crippen LogP contribution in [-0.4, -0.2) is 41.9 Å². The maximum Gasteiger partial charge on any atom is 0.324 e.